The van der Waals surface area contributed by atoms with Crippen LogP contribution in [0.3, 0.4) is 0 Å². The molecule has 1 amide bonds. The number of amides is 1. The average molecular weight is 350 g/mol. The zero-order valence-corrected chi connectivity index (χ0v) is 14.2. The highest BCUT2D eigenvalue weighted by Crippen LogP contribution is 2.09. The van der Waals surface area contributed by atoms with Crippen molar-refractivity contribution in [1.82, 2.24) is 9.29 Å². The molecule has 1 heterocycles. The number of pyridine rings is 1. The fourth-order valence-corrected chi connectivity index (χ4v) is 2.99. The standard InChI is InChI=1S/C16H18N2O5S/c1-3-23-14-5-4-10-18(16(14)20)11-15(19)17-24(21,22)13-8-6-12(2)7-9-13/h4-10H,3,11H2,1-2H3,(H,17,19). The Morgan fingerprint density at radius 1 is 1.21 bits per heavy atom. The van der Waals surface area contributed by atoms with Crippen molar-refractivity contribution < 1.29 is 17.9 Å². The zero-order chi connectivity index (χ0) is 17.7. The molecule has 0 aliphatic heterocycles. The molecule has 0 aliphatic rings. The van der Waals surface area contributed by atoms with Gasteiger partial charge in [-0.2, -0.15) is 0 Å². The van der Waals surface area contributed by atoms with Gasteiger partial charge in [0.15, 0.2) is 5.75 Å². The minimum absolute atomic E-state index is 0.0168. The van der Waals surface area contributed by atoms with E-state index in [1.165, 1.54) is 24.4 Å². The molecule has 8 heteroatoms. The van der Waals surface area contributed by atoms with Gasteiger partial charge in [-0.05, 0) is 38.1 Å². The molecule has 7 nitrogen and oxygen atoms in total. The van der Waals surface area contributed by atoms with Crippen molar-refractivity contribution in [2.75, 3.05) is 6.61 Å². The van der Waals surface area contributed by atoms with Crippen molar-refractivity contribution in [3.63, 3.8) is 0 Å². The van der Waals surface area contributed by atoms with Crippen molar-refractivity contribution in [3.05, 3.63) is 58.5 Å². The summed E-state index contributed by atoms with van der Waals surface area (Å²) in [5, 5.41) is 0. The summed E-state index contributed by atoms with van der Waals surface area (Å²) < 4.78 is 32.5. The van der Waals surface area contributed by atoms with Crippen LogP contribution in [0.25, 0.3) is 0 Å². The van der Waals surface area contributed by atoms with Crippen LogP contribution in [-0.4, -0.2) is 25.5 Å². The van der Waals surface area contributed by atoms with E-state index in [0.717, 1.165) is 10.1 Å². The SMILES string of the molecule is CCOc1cccn(CC(=O)NS(=O)(=O)c2ccc(C)cc2)c1=O. The van der Waals surface area contributed by atoms with E-state index in [0.29, 0.717) is 6.61 Å². The first-order valence-electron chi connectivity index (χ1n) is 7.28. The second kappa shape index (κ2) is 7.31. The van der Waals surface area contributed by atoms with Crippen LogP contribution in [0.15, 0.2) is 52.3 Å². The second-order valence-corrected chi connectivity index (χ2v) is 6.76. The summed E-state index contributed by atoms with van der Waals surface area (Å²) >= 11 is 0. The summed E-state index contributed by atoms with van der Waals surface area (Å²) in [5.74, 6) is -0.708. The molecule has 0 saturated carbocycles. The predicted molar refractivity (Wildman–Crippen MR) is 88.4 cm³/mol. The van der Waals surface area contributed by atoms with E-state index in [-0.39, 0.29) is 10.6 Å². The molecule has 0 atom stereocenters. The van der Waals surface area contributed by atoms with Gasteiger partial charge in [0.25, 0.3) is 21.5 Å². The minimum atomic E-state index is -3.98. The molecule has 0 saturated heterocycles. The molecule has 1 aromatic carbocycles. The summed E-state index contributed by atoms with van der Waals surface area (Å²) in [6, 6.07) is 9.13. The maximum absolute atomic E-state index is 12.2. The number of aryl methyl sites for hydroxylation is 1. The topological polar surface area (TPSA) is 94.5 Å². The van der Waals surface area contributed by atoms with Gasteiger partial charge in [-0.1, -0.05) is 17.7 Å². The maximum atomic E-state index is 12.2. The van der Waals surface area contributed by atoms with Gasteiger partial charge in [0.1, 0.15) is 6.54 Å². The van der Waals surface area contributed by atoms with Crippen molar-refractivity contribution in [1.29, 1.82) is 0 Å². The van der Waals surface area contributed by atoms with Crippen LogP contribution >= 0.6 is 0 Å². The van der Waals surface area contributed by atoms with Gasteiger partial charge in [-0.15, -0.1) is 0 Å². The van der Waals surface area contributed by atoms with Crippen molar-refractivity contribution in [2.24, 2.45) is 0 Å². The molecule has 0 fully saturated rings. The van der Waals surface area contributed by atoms with E-state index in [9.17, 15) is 18.0 Å². The Hall–Kier alpha value is -2.61. The molecule has 1 aromatic heterocycles. The molecule has 0 radical (unpaired) electrons. The number of rotatable bonds is 6. The van der Waals surface area contributed by atoms with Crippen LogP contribution in [-0.2, 0) is 21.4 Å². The number of hydrogen-bond donors (Lipinski definition) is 1. The van der Waals surface area contributed by atoms with Crippen LogP contribution in [0.4, 0.5) is 0 Å². The van der Waals surface area contributed by atoms with Crippen LogP contribution in [0.2, 0.25) is 0 Å². The fraction of sp³-hybridized carbons (Fsp3) is 0.250. The summed E-state index contributed by atoms with van der Waals surface area (Å²) in [4.78, 5) is 24.1. The fourth-order valence-electron chi connectivity index (χ4n) is 2.02. The largest absolute Gasteiger partial charge is 0.488 e. The van der Waals surface area contributed by atoms with Gasteiger partial charge in [0, 0.05) is 6.20 Å². The monoisotopic (exact) mass is 350 g/mol. The summed E-state index contributed by atoms with van der Waals surface area (Å²) in [6.07, 6.45) is 1.39. The molecule has 24 heavy (non-hydrogen) atoms. The highest BCUT2D eigenvalue weighted by Gasteiger charge is 2.18. The third kappa shape index (κ3) is 4.23. The Labute approximate surface area is 139 Å². The predicted octanol–water partition coefficient (Wildman–Crippen LogP) is 1.06. The number of aromatic nitrogens is 1. The molecular formula is C16H18N2O5S. The molecule has 128 valence electrons. The lowest BCUT2D eigenvalue weighted by molar-refractivity contribution is -0.119. The number of hydrogen-bond acceptors (Lipinski definition) is 5. The number of sulfonamides is 1. The Bertz CT molecular complexity index is 885. The van der Waals surface area contributed by atoms with E-state index < -0.39 is 28.0 Å². The van der Waals surface area contributed by atoms with Gasteiger partial charge in [-0.25, -0.2) is 13.1 Å². The molecule has 2 aromatic rings. The van der Waals surface area contributed by atoms with E-state index in [1.54, 1.807) is 25.1 Å². The van der Waals surface area contributed by atoms with E-state index in [1.807, 2.05) is 11.6 Å². The Morgan fingerprint density at radius 2 is 1.88 bits per heavy atom. The number of benzene rings is 1. The number of ether oxygens (including phenoxy) is 1. The number of nitrogens with zero attached hydrogens (tertiary/aromatic N) is 1. The normalized spacial score (nSPS) is 11.1. The Kier molecular flexibility index (Phi) is 5.40. The van der Waals surface area contributed by atoms with E-state index in [4.69, 9.17) is 4.74 Å². The Balaban J connectivity index is 2.15. The zero-order valence-electron chi connectivity index (χ0n) is 13.4. The number of carbonyl (C=O) groups is 1. The van der Waals surface area contributed by atoms with Gasteiger partial charge in [-0.3, -0.25) is 9.59 Å². The van der Waals surface area contributed by atoms with Gasteiger partial charge in [0.2, 0.25) is 0 Å². The molecule has 0 spiro atoms. The molecule has 0 bridgehead atoms. The first kappa shape index (κ1) is 17.7. The third-order valence-electron chi connectivity index (χ3n) is 3.18. The Morgan fingerprint density at radius 3 is 2.50 bits per heavy atom. The van der Waals surface area contributed by atoms with Crippen molar-refractivity contribution in [3.8, 4) is 5.75 Å². The van der Waals surface area contributed by atoms with Crippen LogP contribution < -0.4 is 15.0 Å². The highest BCUT2D eigenvalue weighted by atomic mass is 32.2. The second-order valence-electron chi connectivity index (χ2n) is 5.08. The van der Waals surface area contributed by atoms with Gasteiger partial charge < -0.3 is 9.30 Å². The quantitative estimate of drug-likeness (QED) is 0.841. The van der Waals surface area contributed by atoms with Gasteiger partial charge >= 0.3 is 0 Å². The first-order chi connectivity index (χ1) is 11.3. The van der Waals surface area contributed by atoms with Gasteiger partial charge in [0.05, 0.1) is 11.5 Å². The van der Waals surface area contributed by atoms with Crippen molar-refractivity contribution >= 4 is 15.9 Å². The summed E-state index contributed by atoms with van der Waals surface area (Å²) in [5.41, 5.74) is 0.404. The number of nitrogens with one attached hydrogen (secondary N) is 1. The number of carbonyl (C=O) groups excluding carboxylic acids is 1. The molecule has 2 rings (SSSR count). The summed E-state index contributed by atoms with van der Waals surface area (Å²) in [6.45, 7) is 3.45. The molecular weight excluding hydrogens is 332 g/mol. The lowest BCUT2D eigenvalue weighted by atomic mass is 10.2. The summed E-state index contributed by atoms with van der Waals surface area (Å²) in [7, 11) is -3.98. The third-order valence-corrected chi connectivity index (χ3v) is 4.57. The molecule has 0 unspecified atom stereocenters. The lowest BCUT2D eigenvalue weighted by Crippen LogP contribution is -2.36. The van der Waals surface area contributed by atoms with Crippen LogP contribution in [0, 0.1) is 6.92 Å². The molecule has 1 N–H and O–H groups in total. The first-order valence-corrected chi connectivity index (χ1v) is 8.76. The average Bonchev–Trinajstić information content (AvgIpc) is 2.51. The smallest absolute Gasteiger partial charge is 0.293 e. The lowest BCUT2D eigenvalue weighted by Gasteiger charge is -2.10. The maximum Gasteiger partial charge on any atom is 0.293 e. The highest BCUT2D eigenvalue weighted by molar-refractivity contribution is 7.90. The van der Waals surface area contributed by atoms with Crippen molar-refractivity contribution in [2.45, 2.75) is 25.3 Å². The van der Waals surface area contributed by atoms with Crippen LogP contribution in [0.5, 0.6) is 5.75 Å². The van der Waals surface area contributed by atoms with E-state index in [2.05, 4.69) is 0 Å². The van der Waals surface area contributed by atoms with Crippen LogP contribution in [0.1, 0.15) is 12.5 Å². The van der Waals surface area contributed by atoms with E-state index >= 15 is 0 Å². The minimum Gasteiger partial charge on any atom is -0.488 e. The molecule has 0 aliphatic carbocycles.